The summed E-state index contributed by atoms with van der Waals surface area (Å²) < 4.78 is 32.8. The van der Waals surface area contributed by atoms with Crippen LogP contribution in [0.2, 0.25) is 10.0 Å². The van der Waals surface area contributed by atoms with E-state index in [4.69, 9.17) is 33.0 Å². The van der Waals surface area contributed by atoms with E-state index in [0.717, 1.165) is 24.1 Å². The van der Waals surface area contributed by atoms with Gasteiger partial charge >= 0.3 is 0 Å². The molecule has 2 aromatic rings. The fourth-order valence-electron chi connectivity index (χ4n) is 3.99. The minimum atomic E-state index is -3.24. The van der Waals surface area contributed by atoms with Gasteiger partial charge in [-0.3, -0.25) is 0 Å². The van der Waals surface area contributed by atoms with Crippen molar-refractivity contribution in [3.8, 4) is 5.75 Å². The Morgan fingerprint density at radius 1 is 1.06 bits per heavy atom. The van der Waals surface area contributed by atoms with E-state index in [-0.39, 0.29) is 24.5 Å². The number of ether oxygens (including phenoxy) is 1. The highest BCUT2D eigenvalue weighted by molar-refractivity contribution is 7.90. The highest BCUT2D eigenvalue weighted by Crippen LogP contribution is 2.36. The van der Waals surface area contributed by atoms with E-state index in [9.17, 15) is 8.42 Å². The summed E-state index contributed by atoms with van der Waals surface area (Å²) in [5, 5.41) is 9.94. The average Bonchev–Trinajstić information content (AvgIpc) is 3.67. The minimum Gasteiger partial charge on any atom is -0.491 e. The van der Waals surface area contributed by atoms with Crippen LogP contribution in [0.3, 0.4) is 0 Å². The van der Waals surface area contributed by atoms with Gasteiger partial charge in [0.15, 0.2) is 0 Å². The summed E-state index contributed by atoms with van der Waals surface area (Å²) in [6, 6.07) is 13.0. The lowest BCUT2D eigenvalue weighted by Crippen LogP contribution is -2.56. The number of sulfonamides is 1. The third kappa shape index (κ3) is 6.55. The molecule has 182 valence electrons. The van der Waals surface area contributed by atoms with Crippen LogP contribution in [-0.4, -0.2) is 62.0 Å². The van der Waals surface area contributed by atoms with Gasteiger partial charge in [-0.05, 0) is 49.1 Å². The topological polar surface area (TPSA) is 70.1 Å². The van der Waals surface area contributed by atoms with Crippen molar-refractivity contribution in [2.45, 2.75) is 44.4 Å². The highest BCUT2D eigenvalue weighted by Gasteiger charge is 2.43. The Balaban J connectivity index is 0.00000149. The number of aliphatic hydroxyl groups is 1. The molecule has 0 radical (unpaired) electrons. The van der Waals surface area contributed by atoms with Crippen LogP contribution < -0.4 is 9.64 Å². The number of halogens is 2. The third-order valence-electron chi connectivity index (χ3n) is 5.72. The van der Waals surface area contributed by atoms with Crippen molar-refractivity contribution in [2.24, 2.45) is 0 Å². The first-order valence-electron chi connectivity index (χ1n) is 11.4. The first kappa shape index (κ1) is 26.1. The molecule has 4 rings (SSSR count). The molecule has 2 aliphatic rings. The van der Waals surface area contributed by atoms with E-state index in [2.05, 4.69) is 4.90 Å². The number of piperazine rings is 1. The molecule has 2 fully saturated rings. The second-order valence-corrected chi connectivity index (χ2v) is 11.0. The van der Waals surface area contributed by atoms with Crippen LogP contribution in [-0.2, 0) is 16.4 Å². The molecule has 0 spiro atoms. The summed E-state index contributed by atoms with van der Waals surface area (Å²) in [4.78, 5) is 2.19. The standard InChI is InChI=1S/C22H26Cl2N2O4S.C2H6/c23-17-3-1-16(2-4-17)13-18-15-25(31(28,29)20-6-7-20)9-10-26(18)22-8-5-19(14-21(22)24)30-12-11-27;1-2/h1-5,8,14,18,20,27H,6-7,9-13,15H2;1-2H3/t18-;/m1./s1. The fourth-order valence-corrected chi connectivity index (χ4v) is 6.27. The number of aliphatic hydroxyl groups excluding tert-OH is 1. The van der Waals surface area contributed by atoms with Gasteiger partial charge in [0.1, 0.15) is 12.4 Å². The van der Waals surface area contributed by atoms with Gasteiger partial charge in [-0.15, -0.1) is 0 Å². The van der Waals surface area contributed by atoms with E-state index in [1.54, 1.807) is 10.4 Å². The number of nitrogens with zero attached hydrogens (tertiary/aromatic N) is 2. The van der Waals surface area contributed by atoms with Crippen molar-refractivity contribution >= 4 is 38.9 Å². The van der Waals surface area contributed by atoms with Crippen molar-refractivity contribution in [1.82, 2.24) is 4.31 Å². The van der Waals surface area contributed by atoms with Gasteiger partial charge in [-0.25, -0.2) is 8.42 Å². The molecule has 1 heterocycles. The molecule has 1 aliphatic heterocycles. The van der Waals surface area contributed by atoms with Crippen molar-refractivity contribution in [1.29, 1.82) is 0 Å². The number of anilines is 1. The number of hydrogen-bond acceptors (Lipinski definition) is 5. The van der Waals surface area contributed by atoms with Gasteiger partial charge in [-0.2, -0.15) is 4.31 Å². The first-order chi connectivity index (χ1) is 15.9. The van der Waals surface area contributed by atoms with Crippen molar-refractivity contribution in [2.75, 3.05) is 37.7 Å². The summed E-state index contributed by atoms with van der Waals surface area (Å²) in [6.07, 6.45) is 2.18. The van der Waals surface area contributed by atoms with Gasteiger partial charge < -0.3 is 14.7 Å². The van der Waals surface area contributed by atoms with Gasteiger partial charge in [-0.1, -0.05) is 49.2 Å². The molecular weight excluding hydrogens is 483 g/mol. The number of hydrogen-bond donors (Lipinski definition) is 1. The monoisotopic (exact) mass is 514 g/mol. The quantitative estimate of drug-likeness (QED) is 0.556. The number of benzene rings is 2. The van der Waals surface area contributed by atoms with E-state index >= 15 is 0 Å². The lowest BCUT2D eigenvalue weighted by atomic mass is 10.0. The molecular formula is C24H32Cl2N2O4S. The van der Waals surface area contributed by atoms with Gasteiger partial charge in [0.2, 0.25) is 10.0 Å². The van der Waals surface area contributed by atoms with Gasteiger partial charge in [0.25, 0.3) is 0 Å². The fraction of sp³-hybridized carbons (Fsp3) is 0.500. The molecule has 0 unspecified atom stereocenters. The van der Waals surface area contributed by atoms with Crippen LogP contribution in [0.1, 0.15) is 32.3 Å². The maximum absolute atomic E-state index is 12.9. The van der Waals surface area contributed by atoms with E-state index in [0.29, 0.717) is 41.8 Å². The molecule has 0 aromatic heterocycles. The Morgan fingerprint density at radius 2 is 1.76 bits per heavy atom. The zero-order valence-corrected chi connectivity index (χ0v) is 21.4. The molecule has 0 amide bonds. The highest BCUT2D eigenvalue weighted by atomic mass is 35.5. The number of rotatable bonds is 8. The second-order valence-electron chi connectivity index (χ2n) is 7.97. The van der Waals surface area contributed by atoms with Crippen LogP contribution in [0.5, 0.6) is 5.75 Å². The van der Waals surface area contributed by atoms with E-state index in [1.807, 2.05) is 50.2 Å². The van der Waals surface area contributed by atoms with Crippen LogP contribution in [0.25, 0.3) is 0 Å². The Morgan fingerprint density at radius 3 is 2.36 bits per heavy atom. The molecule has 33 heavy (non-hydrogen) atoms. The third-order valence-corrected chi connectivity index (χ3v) is 8.64. The molecule has 2 aromatic carbocycles. The molecule has 1 saturated carbocycles. The molecule has 6 nitrogen and oxygen atoms in total. The molecule has 0 bridgehead atoms. The van der Waals surface area contributed by atoms with Crippen LogP contribution in [0, 0.1) is 0 Å². The summed E-state index contributed by atoms with van der Waals surface area (Å²) in [6.45, 7) is 5.54. The molecule has 9 heteroatoms. The largest absolute Gasteiger partial charge is 0.491 e. The summed E-state index contributed by atoms with van der Waals surface area (Å²) in [7, 11) is -3.24. The Bertz CT molecular complexity index is 1010. The first-order valence-corrected chi connectivity index (χ1v) is 13.7. The average molecular weight is 516 g/mol. The summed E-state index contributed by atoms with van der Waals surface area (Å²) >= 11 is 12.6. The van der Waals surface area contributed by atoms with Crippen molar-refractivity contribution in [3.05, 3.63) is 58.1 Å². The molecule has 1 aliphatic carbocycles. The van der Waals surface area contributed by atoms with Crippen molar-refractivity contribution in [3.63, 3.8) is 0 Å². The normalized spacial score (nSPS) is 19.1. The maximum atomic E-state index is 12.9. The predicted molar refractivity (Wildman–Crippen MR) is 135 cm³/mol. The summed E-state index contributed by atoms with van der Waals surface area (Å²) in [5.41, 5.74) is 1.93. The maximum Gasteiger partial charge on any atom is 0.217 e. The van der Waals surface area contributed by atoms with Gasteiger partial charge in [0, 0.05) is 36.8 Å². The van der Waals surface area contributed by atoms with Crippen molar-refractivity contribution < 1.29 is 18.3 Å². The summed E-state index contributed by atoms with van der Waals surface area (Å²) in [5.74, 6) is 0.590. The lowest BCUT2D eigenvalue weighted by molar-refractivity contribution is 0.201. The van der Waals surface area contributed by atoms with Gasteiger partial charge in [0.05, 0.1) is 22.6 Å². The zero-order valence-electron chi connectivity index (χ0n) is 19.1. The smallest absolute Gasteiger partial charge is 0.217 e. The molecule has 1 saturated heterocycles. The van der Waals surface area contributed by atoms with E-state index < -0.39 is 10.0 Å². The van der Waals surface area contributed by atoms with Crippen LogP contribution in [0.15, 0.2) is 42.5 Å². The zero-order chi connectivity index (χ0) is 24.0. The lowest BCUT2D eigenvalue weighted by Gasteiger charge is -2.42. The Kier molecular flexibility index (Phi) is 9.30. The predicted octanol–water partition coefficient (Wildman–Crippen LogP) is 4.62. The second kappa shape index (κ2) is 11.8. The minimum absolute atomic E-state index is 0.0647. The van der Waals surface area contributed by atoms with E-state index in [1.165, 1.54) is 0 Å². The Hall–Kier alpha value is -1.51. The SMILES string of the molecule is CC.O=S(=O)(C1CC1)N1CCN(c2ccc(OCCO)cc2Cl)[C@H](Cc2ccc(Cl)cc2)C1. The van der Waals surface area contributed by atoms with Crippen LogP contribution in [0.4, 0.5) is 5.69 Å². The Labute approximate surface area is 207 Å². The molecule has 1 atom stereocenters. The van der Waals surface area contributed by atoms with Crippen LogP contribution >= 0.6 is 23.2 Å². The molecule has 1 N–H and O–H groups in total.